The molecule has 0 radical (unpaired) electrons. The van der Waals surface area contributed by atoms with Crippen molar-refractivity contribution in [3.05, 3.63) is 53.8 Å². The van der Waals surface area contributed by atoms with Crippen molar-refractivity contribution in [2.75, 3.05) is 17.7 Å². The van der Waals surface area contributed by atoms with Crippen LogP contribution >= 0.6 is 0 Å². The number of hydrogen-bond donors (Lipinski definition) is 2. The highest BCUT2D eigenvalue weighted by molar-refractivity contribution is 6.06. The smallest absolute Gasteiger partial charge is 0.255 e. The Morgan fingerprint density at radius 3 is 2.60 bits per heavy atom. The summed E-state index contributed by atoms with van der Waals surface area (Å²) in [5, 5.41) is 5.51. The number of nitrogens with one attached hydrogen (secondary N) is 2. The third-order valence-corrected chi connectivity index (χ3v) is 4.25. The van der Waals surface area contributed by atoms with E-state index in [0.717, 1.165) is 6.42 Å². The highest BCUT2D eigenvalue weighted by Crippen LogP contribution is 2.38. The van der Waals surface area contributed by atoms with Crippen LogP contribution in [-0.2, 0) is 4.79 Å². The van der Waals surface area contributed by atoms with Crippen molar-refractivity contribution in [2.45, 2.75) is 13.3 Å². The Hall–Kier alpha value is -2.89. The van der Waals surface area contributed by atoms with Crippen LogP contribution in [0.3, 0.4) is 0 Å². The molecule has 0 aliphatic heterocycles. The third kappa shape index (κ3) is 3.96. The lowest BCUT2D eigenvalue weighted by atomic mass is 10.1. The predicted octanol–water partition coefficient (Wildman–Crippen LogP) is 3.68. The number of amides is 2. The molecule has 3 rings (SSSR count). The van der Waals surface area contributed by atoms with Crippen molar-refractivity contribution in [3.63, 3.8) is 0 Å². The van der Waals surface area contributed by atoms with Crippen LogP contribution in [0.4, 0.5) is 15.8 Å². The minimum Gasteiger partial charge on any atom is -0.494 e. The molecule has 25 heavy (non-hydrogen) atoms. The molecule has 1 aliphatic rings. The van der Waals surface area contributed by atoms with Crippen LogP contribution in [0.2, 0.25) is 0 Å². The lowest BCUT2D eigenvalue weighted by Gasteiger charge is -2.11. The van der Waals surface area contributed by atoms with Crippen LogP contribution in [-0.4, -0.2) is 18.9 Å². The molecule has 0 aromatic heterocycles. The maximum Gasteiger partial charge on any atom is 0.255 e. The van der Waals surface area contributed by atoms with Crippen LogP contribution in [0, 0.1) is 17.7 Å². The minimum absolute atomic E-state index is 0.0229. The third-order valence-electron chi connectivity index (χ3n) is 4.25. The molecule has 2 amide bonds. The van der Waals surface area contributed by atoms with Crippen LogP contribution in [0.15, 0.2) is 42.5 Å². The quantitative estimate of drug-likeness (QED) is 0.871. The molecule has 0 spiro atoms. The van der Waals surface area contributed by atoms with Gasteiger partial charge >= 0.3 is 0 Å². The van der Waals surface area contributed by atoms with Gasteiger partial charge < -0.3 is 15.4 Å². The van der Waals surface area contributed by atoms with Crippen LogP contribution < -0.4 is 15.4 Å². The van der Waals surface area contributed by atoms with Gasteiger partial charge in [0.1, 0.15) is 11.6 Å². The molecule has 1 fully saturated rings. The Bertz CT molecular complexity index is 822. The lowest BCUT2D eigenvalue weighted by molar-refractivity contribution is -0.117. The Balaban J connectivity index is 1.72. The number of halogens is 1. The number of carbonyl (C=O) groups excluding carboxylic acids is 2. The van der Waals surface area contributed by atoms with Gasteiger partial charge in [-0.25, -0.2) is 4.39 Å². The number of ether oxygens (including phenoxy) is 1. The van der Waals surface area contributed by atoms with E-state index in [1.165, 1.54) is 25.3 Å². The van der Waals surface area contributed by atoms with Gasteiger partial charge in [-0.3, -0.25) is 9.59 Å². The van der Waals surface area contributed by atoms with E-state index in [-0.39, 0.29) is 23.5 Å². The molecule has 0 heterocycles. The van der Waals surface area contributed by atoms with Crippen LogP contribution in [0.1, 0.15) is 23.7 Å². The molecule has 2 N–H and O–H groups in total. The first-order valence-electron chi connectivity index (χ1n) is 8.03. The first-order chi connectivity index (χ1) is 12.0. The van der Waals surface area contributed by atoms with Gasteiger partial charge in [0.05, 0.1) is 12.8 Å². The summed E-state index contributed by atoms with van der Waals surface area (Å²) < 4.78 is 18.3. The fraction of sp³-hybridized carbons (Fsp3) is 0.263. The van der Waals surface area contributed by atoms with E-state index >= 15 is 0 Å². The topological polar surface area (TPSA) is 67.4 Å². The van der Waals surface area contributed by atoms with Gasteiger partial charge in [-0.1, -0.05) is 13.0 Å². The van der Waals surface area contributed by atoms with Gasteiger partial charge in [0, 0.05) is 23.2 Å². The summed E-state index contributed by atoms with van der Waals surface area (Å²) >= 11 is 0. The fourth-order valence-corrected chi connectivity index (χ4v) is 2.62. The average molecular weight is 342 g/mol. The largest absolute Gasteiger partial charge is 0.494 e. The molecule has 0 bridgehead atoms. The predicted molar refractivity (Wildman–Crippen MR) is 93.2 cm³/mol. The van der Waals surface area contributed by atoms with E-state index in [2.05, 4.69) is 10.6 Å². The number of rotatable bonds is 5. The summed E-state index contributed by atoms with van der Waals surface area (Å²) in [6.45, 7) is 2.03. The van der Waals surface area contributed by atoms with E-state index in [1.807, 2.05) is 6.92 Å². The first-order valence-corrected chi connectivity index (χ1v) is 8.03. The van der Waals surface area contributed by atoms with Gasteiger partial charge in [0.25, 0.3) is 5.91 Å². The molecular weight excluding hydrogens is 323 g/mol. The summed E-state index contributed by atoms with van der Waals surface area (Å²) in [6.07, 6.45) is 0.899. The average Bonchev–Trinajstić information content (AvgIpc) is 3.33. The molecule has 2 aromatic carbocycles. The highest BCUT2D eigenvalue weighted by atomic mass is 19.1. The normalized spacial score (nSPS) is 18.4. The van der Waals surface area contributed by atoms with Crippen molar-refractivity contribution < 1.29 is 18.7 Å². The SMILES string of the molecule is COc1cc(F)ccc1NC(=O)c1cccc(NC(=O)C2CC2C)c1. The second-order valence-electron chi connectivity index (χ2n) is 6.19. The monoisotopic (exact) mass is 342 g/mol. The Labute approximate surface area is 145 Å². The Morgan fingerprint density at radius 2 is 1.92 bits per heavy atom. The highest BCUT2D eigenvalue weighted by Gasteiger charge is 2.39. The summed E-state index contributed by atoms with van der Waals surface area (Å²) in [4.78, 5) is 24.4. The van der Waals surface area contributed by atoms with E-state index in [0.29, 0.717) is 22.9 Å². The molecule has 0 saturated heterocycles. The standard InChI is InChI=1S/C19H19FN2O3/c1-11-8-15(11)19(24)21-14-5-3-4-12(9-14)18(23)22-16-7-6-13(20)10-17(16)25-2/h3-7,9-11,15H,8H2,1-2H3,(H,21,24)(H,22,23). The minimum atomic E-state index is -0.450. The number of benzene rings is 2. The van der Waals surface area contributed by atoms with Gasteiger partial charge in [-0.15, -0.1) is 0 Å². The van der Waals surface area contributed by atoms with Gasteiger partial charge in [-0.2, -0.15) is 0 Å². The van der Waals surface area contributed by atoms with Crippen molar-refractivity contribution in [2.24, 2.45) is 11.8 Å². The second kappa shape index (κ2) is 6.93. The van der Waals surface area contributed by atoms with E-state index in [9.17, 15) is 14.0 Å². The number of hydrogen-bond acceptors (Lipinski definition) is 3. The molecular formula is C19H19FN2O3. The molecule has 1 saturated carbocycles. The van der Waals surface area contributed by atoms with Crippen molar-refractivity contribution in [1.29, 1.82) is 0 Å². The zero-order valence-corrected chi connectivity index (χ0v) is 14.0. The Kier molecular flexibility index (Phi) is 4.70. The second-order valence-corrected chi connectivity index (χ2v) is 6.19. The molecule has 130 valence electrons. The van der Waals surface area contributed by atoms with Crippen molar-refractivity contribution >= 4 is 23.2 Å². The maximum atomic E-state index is 13.2. The summed E-state index contributed by atoms with van der Waals surface area (Å²) in [7, 11) is 1.40. The van der Waals surface area contributed by atoms with Gasteiger partial charge in [0.15, 0.2) is 0 Å². The lowest BCUT2D eigenvalue weighted by Crippen LogP contribution is -2.16. The summed E-state index contributed by atoms with van der Waals surface area (Å²) in [6, 6.07) is 10.6. The zero-order valence-electron chi connectivity index (χ0n) is 14.0. The van der Waals surface area contributed by atoms with Gasteiger partial charge in [0.2, 0.25) is 5.91 Å². The number of anilines is 2. The molecule has 5 nitrogen and oxygen atoms in total. The van der Waals surface area contributed by atoms with Crippen molar-refractivity contribution in [1.82, 2.24) is 0 Å². The zero-order chi connectivity index (χ0) is 18.0. The molecule has 2 unspecified atom stereocenters. The van der Waals surface area contributed by atoms with Crippen LogP contribution in [0.5, 0.6) is 5.75 Å². The van der Waals surface area contributed by atoms with Crippen molar-refractivity contribution in [3.8, 4) is 5.75 Å². The Morgan fingerprint density at radius 1 is 1.16 bits per heavy atom. The fourth-order valence-electron chi connectivity index (χ4n) is 2.62. The maximum absolute atomic E-state index is 13.2. The van der Waals surface area contributed by atoms with Crippen LogP contribution in [0.25, 0.3) is 0 Å². The molecule has 2 atom stereocenters. The molecule has 2 aromatic rings. The van der Waals surface area contributed by atoms with Gasteiger partial charge in [-0.05, 0) is 42.7 Å². The molecule has 6 heteroatoms. The number of carbonyl (C=O) groups is 2. The summed E-state index contributed by atoms with van der Waals surface area (Å²) in [5.74, 6) is -0.140. The first kappa shape index (κ1) is 17.0. The van der Waals surface area contributed by atoms with E-state index < -0.39 is 5.82 Å². The number of methoxy groups -OCH3 is 1. The van der Waals surface area contributed by atoms with E-state index in [4.69, 9.17) is 4.74 Å². The van der Waals surface area contributed by atoms with E-state index in [1.54, 1.807) is 24.3 Å². The summed E-state index contributed by atoms with van der Waals surface area (Å²) in [5.41, 5.74) is 1.32. The molecule has 1 aliphatic carbocycles.